The zero-order valence-corrected chi connectivity index (χ0v) is 17.7. The van der Waals surface area contributed by atoms with Crippen molar-refractivity contribution >= 4 is 45.9 Å². The molecule has 0 radical (unpaired) electrons. The third-order valence-corrected chi connectivity index (χ3v) is 5.85. The maximum Gasteiger partial charge on any atom is 0.266 e. The van der Waals surface area contributed by atoms with Crippen LogP contribution in [0.15, 0.2) is 82.7 Å². The van der Waals surface area contributed by atoms with E-state index >= 15 is 0 Å². The summed E-state index contributed by atoms with van der Waals surface area (Å²) in [6.07, 6.45) is 0. The van der Waals surface area contributed by atoms with Gasteiger partial charge in [0.05, 0.1) is 27.4 Å². The average molecular weight is 436 g/mol. The summed E-state index contributed by atoms with van der Waals surface area (Å²) in [5, 5.41) is 4.24. The van der Waals surface area contributed by atoms with Gasteiger partial charge in [-0.3, -0.25) is 14.2 Å². The molecule has 4 aromatic rings. The molecule has 150 valence electrons. The van der Waals surface area contributed by atoms with Gasteiger partial charge < -0.3 is 5.32 Å². The van der Waals surface area contributed by atoms with Crippen LogP contribution in [0.2, 0.25) is 5.02 Å². The van der Waals surface area contributed by atoms with Gasteiger partial charge in [-0.25, -0.2) is 4.98 Å². The van der Waals surface area contributed by atoms with E-state index in [1.54, 1.807) is 36.4 Å². The molecule has 0 aliphatic carbocycles. The Kier molecular flexibility index (Phi) is 5.88. The SMILES string of the molecule is Cc1ccccc1NC(=O)CSc1nc2ccccc2c(=O)n1-c1ccccc1Cl. The minimum Gasteiger partial charge on any atom is -0.325 e. The summed E-state index contributed by atoms with van der Waals surface area (Å²) in [5.41, 5.74) is 2.62. The van der Waals surface area contributed by atoms with Crippen molar-refractivity contribution in [2.75, 3.05) is 11.1 Å². The van der Waals surface area contributed by atoms with Crippen LogP contribution in [0.25, 0.3) is 16.6 Å². The fraction of sp³-hybridized carbons (Fsp3) is 0.0870. The predicted octanol–water partition coefficient (Wildman–Crippen LogP) is 5.08. The van der Waals surface area contributed by atoms with Crippen molar-refractivity contribution in [2.24, 2.45) is 0 Å². The van der Waals surface area contributed by atoms with Gasteiger partial charge in [0.15, 0.2) is 5.16 Å². The molecule has 0 bridgehead atoms. The number of aromatic nitrogens is 2. The Balaban J connectivity index is 1.70. The van der Waals surface area contributed by atoms with E-state index in [9.17, 15) is 9.59 Å². The fourth-order valence-corrected chi connectivity index (χ4v) is 4.11. The van der Waals surface area contributed by atoms with Gasteiger partial charge in [-0.1, -0.05) is 65.8 Å². The number of carbonyl (C=O) groups is 1. The molecule has 1 N–H and O–H groups in total. The lowest BCUT2D eigenvalue weighted by molar-refractivity contribution is -0.113. The number of para-hydroxylation sites is 3. The summed E-state index contributed by atoms with van der Waals surface area (Å²) in [4.78, 5) is 30.4. The summed E-state index contributed by atoms with van der Waals surface area (Å²) in [6.45, 7) is 1.93. The van der Waals surface area contributed by atoms with Gasteiger partial charge in [-0.15, -0.1) is 0 Å². The van der Waals surface area contributed by atoms with E-state index in [0.29, 0.717) is 26.8 Å². The first-order valence-electron chi connectivity index (χ1n) is 9.29. The minimum atomic E-state index is -0.226. The number of hydrogen-bond donors (Lipinski definition) is 1. The van der Waals surface area contributed by atoms with Crippen molar-refractivity contribution in [2.45, 2.75) is 12.1 Å². The van der Waals surface area contributed by atoms with Crippen LogP contribution in [0, 0.1) is 6.92 Å². The van der Waals surface area contributed by atoms with Gasteiger partial charge in [-0.05, 0) is 42.8 Å². The molecular weight excluding hydrogens is 418 g/mol. The van der Waals surface area contributed by atoms with E-state index in [-0.39, 0.29) is 17.2 Å². The predicted molar refractivity (Wildman–Crippen MR) is 123 cm³/mol. The molecule has 30 heavy (non-hydrogen) atoms. The quantitative estimate of drug-likeness (QED) is 0.351. The van der Waals surface area contributed by atoms with Crippen LogP contribution in [0.1, 0.15) is 5.56 Å². The van der Waals surface area contributed by atoms with E-state index in [0.717, 1.165) is 11.3 Å². The van der Waals surface area contributed by atoms with Crippen LogP contribution < -0.4 is 10.9 Å². The summed E-state index contributed by atoms with van der Waals surface area (Å²) in [6, 6.07) is 21.8. The average Bonchev–Trinajstić information content (AvgIpc) is 2.75. The van der Waals surface area contributed by atoms with Crippen molar-refractivity contribution in [3.63, 3.8) is 0 Å². The highest BCUT2D eigenvalue weighted by molar-refractivity contribution is 7.99. The van der Waals surface area contributed by atoms with Gasteiger partial charge in [0.2, 0.25) is 5.91 Å². The number of nitrogens with zero attached hydrogens (tertiary/aromatic N) is 2. The highest BCUT2D eigenvalue weighted by Gasteiger charge is 2.16. The second-order valence-electron chi connectivity index (χ2n) is 6.66. The van der Waals surface area contributed by atoms with Crippen molar-refractivity contribution in [1.29, 1.82) is 0 Å². The smallest absolute Gasteiger partial charge is 0.266 e. The van der Waals surface area contributed by atoms with Gasteiger partial charge in [0.1, 0.15) is 0 Å². The summed E-state index contributed by atoms with van der Waals surface area (Å²) in [7, 11) is 0. The first-order valence-corrected chi connectivity index (χ1v) is 10.7. The second-order valence-corrected chi connectivity index (χ2v) is 8.00. The van der Waals surface area contributed by atoms with E-state index < -0.39 is 0 Å². The van der Waals surface area contributed by atoms with Gasteiger partial charge in [0.25, 0.3) is 5.56 Å². The molecule has 0 spiro atoms. The van der Waals surface area contributed by atoms with Gasteiger partial charge in [0, 0.05) is 5.69 Å². The molecule has 0 saturated heterocycles. The number of aryl methyl sites for hydroxylation is 1. The van der Waals surface area contributed by atoms with Crippen molar-refractivity contribution in [1.82, 2.24) is 9.55 Å². The molecule has 0 aliphatic heterocycles. The molecule has 0 fully saturated rings. The Morgan fingerprint density at radius 3 is 2.53 bits per heavy atom. The number of thioether (sulfide) groups is 1. The number of fused-ring (bicyclic) bond motifs is 1. The van der Waals surface area contributed by atoms with Crippen LogP contribution >= 0.6 is 23.4 Å². The number of amides is 1. The molecule has 0 aliphatic rings. The summed E-state index contributed by atoms with van der Waals surface area (Å²) in [5.74, 6) is -0.0776. The van der Waals surface area contributed by atoms with E-state index in [1.807, 2.05) is 43.3 Å². The minimum absolute atomic E-state index is 0.101. The lowest BCUT2D eigenvalue weighted by Gasteiger charge is -2.14. The molecule has 0 atom stereocenters. The number of hydrogen-bond acceptors (Lipinski definition) is 4. The van der Waals surface area contributed by atoms with Crippen LogP contribution in [0.3, 0.4) is 0 Å². The molecular formula is C23H18ClN3O2S. The van der Waals surface area contributed by atoms with Gasteiger partial charge >= 0.3 is 0 Å². The monoisotopic (exact) mass is 435 g/mol. The third kappa shape index (κ3) is 4.10. The van der Waals surface area contributed by atoms with Gasteiger partial charge in [-0.2, -0.15) is 0 Å². The maximum atomic E-state index is 13.2. The number of carbonyl (C=O) groups excluding carboxylic acids is 1. The van der Waals surface area contributed by atoms with Crippen molar-refractivity contribution in [3.8, 4) is 5.69 Å². The first kappa shape index (κ1) is 20.2. The largest absolute Gasteiger partial charge is 0.325 e. The molecule has 0 saturated carbocycles. The van der Waals surface area contributed by atoms with Crippen LogP contribution in [0.5, 0.6) is 0 Å². The lowest BCUT2D eigenvalue weighted by atomic mass is 10.2. The topological polar surface area (TPSA) is 64.0 Å². The molecule has 0 unspecified atom stereocenters. The molecule has 3 aromatic carbocycles. The molecule has 1 heterocycles. The van der Waals surface area contributed by atoms with E-state index in [1.165, 1.54) is 16.3 Å². The Morgan fingerprint density at radius 1 is 1.03 bits per heavy atom. The Hall–Kier alpha value is -3.09. The fourth-order valence-electron chi connectivity index (χ4n) is 3.08. The lowest BCUT2D eigenvalue weighted by Crippen LogP contribution is -2.23. The first-order chi connectivity index (χ1) is 14.5. The number of rotatable bonds is 5. The number of benzene rings is 3. The standard InChI is InChI=1S/C23H18ClN3O2S/c1-15-8-2-5-11-18(15)25-21(28)14-30-23-26-19-12-6-3-9-16(19)22(29)27(23)20-13-7-4-10-17(20)24/h2-13H,14H2,1H3,(H,25,28). The van der Waals surface area contributed by atoms with Crippen LogP contribution in [0.4, 0.5) is 5.69 Å². The molecule has 7 heteroatoms. The zero-order chi connectivity index (χ0) is 21.1. The van der Waals surface area contributed by atoms with Crippen molar-refractivity contribution < 1.29 is 4.79 Å². The number of nitrogens with one attached hydrogen (secondary N) is 1. The Labute approximate surface area is 182 Å². The maximum absolute atomic E-state index is 13.2. The van der Waals surface area contributed by atoms with Crippen LogP contribution in [-0.4, -0.2) is 21.2 Å². The molecule has 5 nitrogen and oxygen atoms in total. The summed E-state index contributed by atoms with van der Waals surface area (Å²) < 4.78 is 1.47. The summed E-state index contributed by atoms with van der Waals surface area (Å²) >= 11 is 7.56. The van der Waals surface area contributed by atoms with E-state index in [2.05, 4.69) is 10.3 Å². The second kappa shape index (κ2) is 8.73. The van der Waals surface area contributed by atoms with Crippen LogP contribution in [-0.2, 0) is 4.79 Å². The highest BCUT2D eigenvalue weighted by Crippen LogP contribution is 2.26. The normalized spacial score (nSPS) is 10.9. The number of halogens is 1. The molecule has 1 amide bonds. The van der Waals surface area contributed by atoms with E-state index in [4.69, 9.17) is 11.6 Å². The number of anilines is 1. The molecule has 4 rings (SSSR count). The highest BCUT2D eigenvalue weighted by atomic mass is 35.5. The third-order valence-electron chi connectivity index (χ3n) is 4.59. The Bertz CT molecular complexity index is 1300. The molecule has 1 aromatic heterocycles. The zero-order valence-electron chi connectivity index (χ0n) is 16.1. The van der Waals surface area contributed by atoms with Crippen molar-refractivity contribution in [3.05, 3.63) is 93.7 Å². The Morgan fingerprint density at radius 2 is 1.73 bits per heavy atom.